The van der Waals surface area contributed by atoms with E-state index in [2.05, 4.69) is 34.4 Å². The van der Waals surface area contributed by atoms with Crippen molar-refractivity contribution < 1.29 is 10.0 Å². The number of nitrogens with one attached hydrogen (secondary N) is 1. The van der Waals surface area contributed by atoms with Crippen LogP contribution in [0.2, 0.25) is 0 Å². The normalized spacial score (nSPS) is 40.6. The highest BCUT2D eigenvalue weighted by Gasteiger charge is 2.60. The van der Waals surface area contributed by atoms with Gasteiger partial charge < -0.3 is 0 Å². The zero-order valence-corrected chi connectivity index (χ0v) is 11.9. The zero-order chi connectivity index (χ0) is 14.4. The average molecular weight is 287 g/mol. The van der Waals surface area contributed by atoms with E-state index in [1.807, 2.05) is 11.7 Å². The van der Waals surface area contributed by atoms with Crippen molar-refractivity contribution in [3.63, 3.8) is 0 Å². The molecular weight excluding hydrogens is 266 g/mol. The van der Waals surface area contributed by atoms with Crippen molar-refractivity contribution in [1.82, 2.24) is 10.5 Å². The van der Waals surface area contributed by atoms with Gasteiger partial charge in [-0.3, -0.25) is 15.0 Å². The van der Waals surface area contributed by atoms with E-state index in [0.717, 1.165) is 13.0 Å². The number of carbonyl (C=O) groups is 1. The Labute approximate surface area is 124 Å². The molecule has 0 aromatic carbocycles. The van der Waals surface area contributed by atoms with Crippen molar-refractivity contribution >= 4 is 12.1 Å². The van der Waals surface area contributed by atoms with E-state index in [1.165, 1.54) is 12.8 Å². The number of allylic oxidation sites excluding steroid dienone is 4. The molecule has 4 rings (SSSR count). The number of rotatable bonds is 4. The fraction of sp³-hybridized carbons (Fsp3) is 0.625. The van der Waals surface area contributed by atoms with E-state index in [9.17, 15) is 4.79 Å². The second-order valence-electron chi connectivity index (χ2n) is 6.65. The minimum atomic E-state index is -0.230. The number of hydrogen-bond donors (Lipinski definition) is 2. The van der Waals surface area contributed by atoms with E-state index < -0.39 is 0 Å². The van der Waals surface area contributed by atoms with Gasteiger partial charge >= 0.3 is 0 Å². The number of carbonyl (C=O) groups excluding carboxylic acids is 1. The first-order valence-electron chi connectivity index (χ1n) is 7.87. The van der Waals surface area contributed by atoms with Crippen molar-refractivity contribution in [1.29, 1.82) is 0 Å². The van der Waals surface area contributed by atoms with Gasteiger partial charge in [0, 0.05) is 30.6 Å². The van der Waals surface area contributed by atoms with Crippen LogP contribution in [-0.4, -0.2) is 34.9 Å². The van der Waals surface area contributed by atoms with Crippen LogP contribution < -0.4 is 5.48 Å². The molecular formula is C16H21N3O2. The first-order valence-corrected chi connectivity index (χ1v) is 7.87. The summed E-state index contributed by atoms with van der Waals surface area (Å²) in [5, 5.41) is 15.7. The Hall–Kier alpha value is -1.62. The molecule has 2 fully saturated rings. The fourth-order valence-electron chi connectivity index (χ4n) is 4.09. The van der Waals surface area contributed by atoms with E-state index in [0.29, 0.717) is 29.7 Å². The van der Waals surface area contributed by atoms with E-state index in [1.54, 1.807) is 0 Å². The van der Waals surface area contributed by atoms with Gasteiger partial charge in [-0.05, 0) is 37.0 Å². The summed E-state index contributed by atoms with van der Waals surface area (Å²) in [6.07, 6.45) is 14.0. The Kier molecular flexibility index (Phi) is 3.10. The smallest absolute Gasteiger partial charge is 0.247 e. The van der Waals surface area contributed by atoms with Gasteiger partial charge in [0.1, 0.15) is 0 Å². The Balaban J connectivity index is 1.47. The van der Waals surface area contributed by atoms with Crippen LogP contribution in [0.1, 0.15) is 19.3 Å². The van der Waals surface area contributed by atoms with E-state index in [-0.39, 0.29) is 11.8 Å². The van der Waals surface area contributed by atoms with Gasteiger partial charge in [0.25, 0.3) is 0 Å². The van der Waals surface area contributed by atoms with Crippen molar-refractivity contribution in [2.24, 2.45) is 34.7 Å². The largest absolute Gasteiger partial charge is 0.294 e. The number of hydrogen-bond acceptors (Lipinski definition) is 4. The summed E-state index contributed by atoms with van der Waals surface area (Å²) >= 11 is 0. The van der Waals surface area contributed by atoms with Crippen LogP contribution in [0.5, 0.6) is 0 Å². The fourth-order valence-corrected chi connectivity index (χ4v) is 4.09. The van der Waals surface area contributed by atoms with Gasteiger partial charge in [0.15, 0.2) is 0 Å². The second kappa shape index (κ2) is 4.98. The van der Waals surface area contributed by atoms with Crippen LogP contribution >= 0.6 is 0 Å². The lowest BCUT2D eigenvalue weighted by atomic mass is 9.91. The van der Waals surface area contributed by atoms with Gasteiger partial charge in [-0.25, -0.2) is 5.48 Å². The van der Waals surface area contributed by atoms with Crippen molar-refractivity contribution in [3.8, 4) is 0 Å². The van der Waals surface area contributed by atoms with Crippen LogP contribution in [0.15, 0.2) is 29.4 Å². The molecule has 112 valence electrons. The lowest BCUT2D eigenvalue weighted by Crippen LogP contribution is -2.25. The SMILES string of the molecule is O=C(NO)[C@@H]1[C@H](C2C=CC=CC2)[C@H]1C1C=NN(C2CC2)C1. The summed E-state index contributed by atoms with van der Waals surface area (Å²) in [7, 11) is 0. The minimum absolute atomic E-state index is 0.0771. The number of hydrazone groups is 1. The summed E-state index contributed by atoms with van der Waals surface area (Å²) in [4.78, 5) is 12.0. The molecule has 5 nitrogen and oxygen atoms in total. The second-order valence-corrected chi connectivity index (χ2v) is 6.65. The summed E-state index contributed by atoms with van der Waals surface area (Å²) in [6, 6.07) is 0.631. The summed E-state index contributed by atoms with van der Waals surface area (Å²) in [5.41, 5.74) is 1.86. The third kappa shape index (κ3) is 2.29. The number of hydroxylamine groups is 1. The maximum Gasteiger partial charge on any atom is 0.247 e. The first kappa shape index (κ1) is 13.1. The first-order chi connectivity index (χ1) is 10.3. The highest BCUT2D eigenvalue weighted by Crippen LogP contribution is 2.57. The topological polar surface area (TPSA) is 64.9 Å². The molecule has 1 amide bonds. The minimum Gasteiger partial charge on any atom is -0.294 e. The van der Waals surface area contributed by atoms with Crippen molar-refractivity contribution in [3.05, 3.63) is 24.3 Å². The molecule has 2 unspecified atom stereocenters. The van der Waals surface area contributed by atoms with E-state index in [4.69, 9.17) is 5.21 Å². The molecule has 21 heavy (non-hydrogen) atoms. The maximum atomic E-state index is 12.0. The van der Waals surface area contributed by atoms with Crippen LogP contribution in [0.4, 0.5) is 0 Å². The Bertz CT molecular complexity index is 524. The standard InChI is InChI=1S/C16H21N3O2/c20-16(18-21)15-13(10-4-2-1-3-5-10)14(15)11-8-17-19(9-11)12-6-7-12/h1-4,8,10-15,21H,5-7,9H2,(H,18,20)/t10?,11?,13-,14-,15-/m1/s1. The average Bonchev–Trinajstić information content (AvgIpc) is 3.45. The van der Waals surface area contributed by atoms with Crippen LogP contribution in [-0.2, 0) is 4.79 Å². The van der Waals surface area contributed by atoms with Gasteiger partial charge in [0.2, 0.25) is 5.91 Å². The molecule has 0 saturated heterocycles. The molecule has 2 N–H and O–H groups in total. The van der Waals surface area contributed by atoms with Crippen LogP contribution in [0.3, 0.4) is 0 Å². The van der Waals surface area contributed by atoms with Gasteiger partial charge in [0.05, 0.1) is 0 Å². The summed E-state index contributed by atoms with van der Waals surface area (Å²) in [5.74, 6) is 1.08. The van der Waals surface area contributed by atoms with E-state index >= 15 is 0 Å². The lowest BCUT2D eigenvalue weighted by Gasteiger charge is -2.16. The zero-order valence-electron chi connectivity index (χ0n) is 11.9. The van der Waals surface area contributed by atoms with Crippen LogP contribution in [0.25, 0.3) is 0 Å². The maximum absolute atomic E-state index is 12.0. The molecule has 3 aliphatic carbocycles. The van der Waals surface area contributed by atoms with Gasteiger partial charge in [-0.1, -0.05) is 24.3 Å². The molecule has 0 radical (unpaired) electrons. The number of amides is 1. The Morgan fingerprint density at radius 2 is 2.05 bits per heavy atom. The Morgan fingerprint density at radius 1 is 1.24 bits per heavy atom. The predicted molar refractivity (Wildman–Crippen MR) is 78.5 cm³/mol. The third-order valence-corrected chi connectivity index (χ3v) is 5.32. The molecule has 0 aromatic heterocycles. The third-order valence-electron chi connectivity index (χ3n) is 5.32. The molecule has 1 aliphatic heterocycles. The predicted octanol–water partition coefficient (Wildman–Crippen LogP) is 1.57. The Morgan fingerprint density at radius 3 is 2.71 bits per heavy atom. The monoisotopic (exact) mass is 287 g/mol. The van der Waals surface area contributed by atoms with Crippen LogP contribution in [0, 0.1) is 29.6 Å². The molecule has 1 heterocycles. The highest BCUT2D eigenvalue weighted by molar-refractivity contribution is 5.82. The summed E-state index contributed by atoms with van der Waals surface area (Å²) < 4.78 is 0. The quantitative estimate of drug-likeness (QED) is 0.609. The number of nitrogens with zero attached hydrogens (tertiary/aromatic N) is 2. The summed E-state index contributed by atoms with van der Waals surface area (Å²) in [6.45, 7) is 0.938. The molecule has 5 heteroatoms. The molecule has 0 spiro atoms. The molecule has 4 aliphatic rings. The van der Waals surface area contributed by atoms with Gasteiger partial charge in [-0.15, -0.1) is 0 Å². The van der Waals surface area contributed by atoms with Gasteiger partial charge in [-0.2, -0.15) is 5.10 Å². The molecule has 2 saturated carbocycles. The molecule has 5 atom stereocenters. The molecule has 0 aromatic rings. The van der Waals surface area contributed by atoms with Crippen molar-refractivity contribution in [2.75, 3.05) is 6.54 Å². The highest BCUT2D eigenvalue weighted by atomic mass is 16.5. The molecule has 0 bridgehead atoms. The lowest BCUT2D eigenvalue weighted by molar-refractivity contribution is -0.131. The van der Waals surface area contributed by atoms with Crippen molar-refractivity contribution in [2.45, 2.75) is 25.3 Å².